The largest absolute Gasteiger partial charge is 0.148 e. The number of rotatable bonds is 4. The minimum atomic E-state index is 0.399. The molecule has 0 aliphatic rings. The fraction of sp³-hybridized carbons (Fsp3) is 0.571. The number of hydrogen-bond donors (Lipinski definition) is 0. The van der Waals surface area contributed by atoms with Crippen LogP contribution in [0.4, 0.5) is 0 Å². The highest BCUT2D eigenvalue weighted by Gasteiger charge is 2.20. The van der Waals surface area contributed by atoms with Gasteiger partial charge in [0.05, 0.1) is 0 Å². The van der Waals surface area contributed by atoms with Crippen LogP contribution in [0.3, 0.4) is 0 Å². The maximum absolute atomic E-state index is 4.06. The van der Waals surface area contributed by atoms with Crippen LogP contribution in [-0.2, 0) is 6.42 Å². The van der Waals surface area contributed by atoms with Crippen LogP contribution in [0.15, 0.2) is 12.0 Å². The van der Waals surface area contributed by atoms with Gasteiger partial charge in [0.25, 0.3) is 0 Å². The molecule has 0 radical (unpaired) electrons. The van der Waals surface area contributed by atoms with Gasteiger partial charge in [0.15, 0.2) is 0 Å². The first kappa shape index (κ1) is 12.5. The first-order valence-corrected chi connectivity index (χ1v) is 6.48. The maximum atomic E-state index is 4.06. The lowest BCUT2D eigenvalue weighted by Gasteiger charge is -2.23. The third-order valence-electron chi connectivity index (χ3n) is 3.18. The molecule has 15 heavy (non-hydrogen) atoms. The lowest BCUT2D eigenvalue weighted by Crippen LogP contribution is -2.14. The van der Waals surface area contributed by atoms with Crippen molar-refractivity contribution in [1.29, 1.82) is 0 Å². The topological polar surface area (TPSA) is 0 Å². The molecule has 1 heteroatoms. The predicted octanol–water partition coefficient (Wildman–Crippen LogP) is 5.07. The summed E-state index contributed by atoms with van der Waals surface area (Å²) in [5, 5.41) is 2.25. The predicted molar refractivity (Wildman–Crippen MR) is 71.5 cm³/mol. The van der Waals surface area contributed by atoms with Gasteiger partial charge in [-0.2, -0.15) is 0 Å². The Bertz CT molecular complexity index is 355. The van der Waals surface area contributed by atoms with Crippen LogP contribution < -0.4 is 0 Å². The quantitative estimate of drug-likeness (QED) is 0.667. The average Bonchev–Trinajstić information content (AvgIpc) is 2.48. The summed E-state index contributed by atoms with van der Waals surface area (Å²) in [5.74, 6) is 0. The standard InChI is InChI=1S/C14H22S/c1-7-14(5,6)8-12-11(4)15-9-13(12)10(2)3/h9H,2,7-8H2,1,3-6H3. The molecular weight excluding hydrogens is 200 g/mol. The van der Waals surface area contributed by atoms with Gasteiger partial charge in [0.1, 0.15) is 0 Å². The molecule has 1 aromatic heterocycles. The minimum absolute atomic E-state index is 0.399. The van der Waals surface area contributed by atoms with Gasteiger partial charge < -0.3 is 0 Å². The van der Waals surface area contributed by atoms with Gasteiger partial charge in [-0.05, 0) is 47.8 Å². The third-order valence-corrected chi connectivity index (χ3v) is 4.13. The van der Waals surface area contributed by atoms with Crippen molar-refractivity contribution in [3.63, 3.8) is 0 Å². The van der Waals surface area contributed by atoms with Gasteiger partial charge >= 0.3 is 0 Å². The van der Waals surface area contributed by atoms with E-state index in [1.54, 1.807) is 0 Å². The number of hydrogen-bond acceptors (Lipinski definition) is 1. The van der Waals surface area contributed by atoms with E-state index in [0.29, 0.717) is 5.41 Å². The van der Waals surface area contributed by atoms with Gasteiger partial charge in [-0.1, -0.05) is 33.8 Å². The highest BCUT2D eigenvalue weighted by atomic mass is 32.1. The van der Waals surface area contributed by atoms with Crippen molar-refractivity contribution < 1.29 is 0 Å². The fourth-order valence-electron chi connectivity index (χ4n) is 1.66. The van der Waals surface area contributed by atoms with Crippen molar-refractivity contribution in [1.82, 2.24) is 0 Å². The van der Waals surface area contributed by atoms with Crippen molar-refractivity contribution in [3.05, 3.63) is 28.0 Å². The molecule has 1 aromatic rings. The summed E-state index contributed by atoms with van der Waals surface area (Å²) in [6, 6.07) is 0. The van der Waals surface area contributed by atoms with Crippen LogP contribution in [0.25, 0.3) is 5.57 Å². The van der Waals surface area contributed by atoms with E-state index in [1.807, 2.05) is 11.3 Å². The molecule has 0 N–H and O–H groups in total. The smallest absolute Gasteiger partial charge is 0.00526 e. The van der Waals surface area contributed by atoms with Gasteiger partial charge in [-0.25, -0.2) is 0 Å². The molecule has 1 heterocycles. The molecular formula is C14H22S. The number of aryl methyl sites for hydroxylation is 1. The van der Waals surface area contributed by atoms with Crippen molar-refractivity contribution in [2.45, 2.75) is 47.5 Å². The Balaban J connectivity index is 3.03. The van der Waals surface area contributed by atoms with Crippen LogP contribution in [0, 0.1) is 12.3 Å². The van der Waals surface area contributed by atoms with E-state index < -0.39 is 0 Å². The van der Waals surface area contributed by atoms with Gasteiger partial charge in [-0.3, -0.25) is 0 Å². The van der Waals surface area contributed by atoms with E-state index in [1.165, 1.54) is 34.4 Å². The summed E-state index contributed by atoms with van der Waals surface area (Å²) in [6.07, 6.45) is 2.39. The molecule has 0 atom stereocenters. The van der Waals surface area contributed by atoms with Crippen LogP contribution in [-0.4, -0.2) is 0 Å². The number of thiophene rings is 1. The average molecular weight is 222 g/mol. The van der Waals surface area contributed by atoms with Crippen molar-refractivity contribution in [3.8, 4) is 0 Å². The Morgan fingerprint density at radius 3 is 2.53 bits per heavy atom. The van der Waals surface area contributed by atoms with Gasteiger partial charge in [0.2, 0.25) is 0 Å². The third kappa shape index (κ3) is 2.94. The second kappa shape index (κ2) is 4.52. The van der Waals surface area contributed by atoms with Gasteiger partial charge in [-0.15, -0.1) is 11.3 Å². The van der Waals surface area contributed by atoms with E-state index in [2.05, 4.69) is 46.6 Å². The Morgan fingerprint density at radius 2 is 2.07 bits per heavy atom. The summed E-state index contributed by atoms with van der Waals surface area (Å²) in [6.45, 7) is 15.3. The molecule has 0 spiro atoms. The molecule has 0 aliphatic carbocycles. The van der Waals surface area contributed by atoms with E-state index in [4.69, 9.17) is 0 Å². The van der Waals surface area contributed by atoms with Crippen LogP contribution in [0.1, 0.15) is 50.1 Å². The van der Waals surface area contributed by atoms with Crippen LogP contribution in [0.2, 0.25) is 0 Å². The second-order valence-corrected chi connectivity index (χ2v) is 6.24. The highest BCUT2D eigenvalue weighted by Crippen LogP contribution is 2.34. The summed E-state index contributed by atoms with van der Waals surface area (Å²) in [7, 11) is 0. The molecule has 84 valence electrons. The van der Waals surface area contributed by atoms with E-state index in [0.717, 1.165) is 0 Å². The molecule has 0 unspecified atom stereocenters. The summed E-state index contributed by atoms with van der Waals surface area (Å²) < 4.78 is 0. The van der Waals surface area contributed by atoms with E-state index in [-0.39, 0.29) is 0 Å². The number of allylic oxidation sites excluding steroid dienone is 1. The fourth-order valence-corrected chi connectivity index (χ4v) is 2.62. The zero-order valence-electron chi connectivity index (χ0n) is 10.6. The Kier molecular flexibility index (Phi) is 3.77. The van der Waals surface area contributed by atoms with Crippen LogP contribution >= 0.6 is 11.3 Å². The summed E-state index contributed by atoms with van der Waals surface area (Å²) in [4.78, 5) is 1.45. The van der Waals surface area contributed by atoms with E-state index >= 15 is 0 Å². The lowest BCUT2D eigenvalue weighted by molar-refractivity contribution is 0.349. The van der Waals surface area contributed by atoms with Crippen LogP contribution in [0.5, 0.6) is 0 Å². The Labute approximate surface area is 98.0 Å². The molecule has 0 nitrogen and oxygen atoms in total. The SMILES string of the molecule is C=C(C)c1csc(C)c1CC(C)(C)CC. The maximum Gasteiger partial charge on any atom is 0.00526 e. The molecule has 0 saturated heterocycles. The molecule has 1 rings (SSSR count). The molecule has 0 fully saturated rings. The molecule has 0 saturated carbocycles. The zero-order valence-corrected chi connectivity index (χ0v) is 11.4. The molecule has 0 bridgehead atoms. The van der Waals surface area contributed by atoms with E-state index in [9.17, 15) is 0 Å². The lowest BCUT2D eigenvalue weighted by atomic mass is 9.82. The molecule has 0 amide bonds. The van der Waals surface area contributed by atoms with Crippen molar-refractivity contribution in [2.24, 2.45) is 5.41 Å². The van der Waals surface area contributed by atoms with Crippen molar-refractivity contribution in [2.75, 3.05) is 0 Å². The summed E-state index contributed by atoms with van der Waals surface area (Å²) in [5.41, 5.74) is 4.48. The monoisotopic (exact) mass is 222 g/mol. The Morgan fingerprint density at radius 1 is 1.47 bits per heavy atom. The first-order valence-electron chi connectivity index (χ1n) is 5.60. The van der Waals surface area contributed by atoms with Gasteiger partial charge in [0, 0.05) is 4.88 Å². The summed E-state index contributed by atoms with van der Waals surface area (Å²) >= 11 is 1.85. The minimum Gasteiger partial charge on any atom is -0.148 e. The highest BCUT2D eigenvalue weighted by molar-refractivity contribution is 7.10. The Hall–Kier alpha value is -0.560. The normalized spacial score (nSPS) is 11.8. The van der Waals surface area contributed by atoms with Crippen molar-refractivity contribution >= 4 is 16.9 Å². The first-order chi connectivity index (χ1) is 6.87. The molecule has 0 aliphatic heterocycles. The second-order valence-electron chi connectivity index (χ2n) is 5.16. The molecule has 0 aromatic carbocycles. The zero-order chi connectivity index (χ0) is 11.6.